The van der Waals surface area contributed by atoms with Crippen molar-refractivity contribution in [3.05, 3.63) is 22.4 Å². The van der Waals surface area contributed by atoms with E-state index in [1.165, 1.54) is 10.6 Å². The van der Waals surface area contributed by atoms with Crippen molar-refractivity contribution in [2.75, 3.05) is 39.1 Å². The van der Waals surface area contributed by atoms with Gasteiger partial charge >= 0.3 is 0 Å². The lowest BCUT2D eigenvalue weighted by Gasteiger charge is -2.29. The quantitative estimate of drug-likeness (QED) is 0.692. The molecule has 1 fully saturated rings. The Bertz CT molecular complexity index is 610. The van der Waals surface area contributed by atoms with Crippen LogP contribution in [0.15, 0.2) is 17.5 Å². The van der Waals surface area contributed by atoms with Crippen LogP contribution in [0.25, 0.3) is 0 Å². The van der Waals surface area contributed by atoms with E-state index in [0.717, 1.165) is 4.88 Å². The predicted molar refractivity (Wildman–Crippen MR) is 92.2 cm³/mol. The number of rotatable bonds is 8. The molecule has 9 heteroatoms. The maximum absolute atomic E-state index is 12.3. The van der Waals surface area contributed by atoms with Crippen LogP contribution in [0.1, 0.15) is 23.8 Å². The molecule has 7 nitrogen and oxygen atoms in total. The fourth-order valence-corrected chi connectivity index (χ4v) is 4.35. The Kier molecular flexibility index (Phi) is 7.17. The van der Waals surface area contributed by atoms with Gasteiger partial charge in [-0.2, -0.15) is 0 Å². The van der Waals surface area contributed by atoms with Crippen molar-refractivity contribution in [3.63, 3.8) is 0 Å². The number of hydrogen-bond donors (Lipinski definition) is 2. The lowest BCUT2D eigenvalue weighted by Crippen LogP contribution is -2.43. The first-order valence-electron chi connectivity index (χ1n) is 7.90. The molecule has 2 N–H and O–H groups in total. The van der Waals surface area contributed by atoms with Gasteiger partial charge in [0, 0.05) is 30.4 Å². The summed E-state index contributed by atoms with van der Waals surface area (Å²) in [6, 6.07) is 3.85. The van der Waals surface area contributed by atoms with Gasteiger partial charge in [-0.25, -0.2) is 12.7 Å². The summed E-state index contributed by atoms with van der Waals surface area (Å²) in [5, 5.41) is 13.8. The molecule has 1 amide bonds. The largest absolute Gasteiger partial charge is 0.394 e. The first-order valence-corrected chi connectivity index (χ1v) is 10.6. The molecular formula is C15H24N2O5S2. The third-order valence-corrected chi connectivity index (χ3v) is 6.29. The molecule has 1 aliphatic heterocycles. The van der Waals surface area contributed by atoms with Gasteiger partial charge in [0.1, 0.15) is 6.10 Å². The van der Waals surface area contributed by atoms with Crippen molar-refractivity contribution in [1.29, 1.82) is 0 Å². The molecule has 1 atom stereocenters. The number of aliphatic hydroxyl groups excluding tert-OH is 1. The lowest BCUT2D eigenvalue weighted by molar-refractivity contribution is -0.126. The molecule has 1 saturated heterocycles. The summed E-state index contributed by atoms with van der Waals surface area (Å²) in [6.07, 6.45) is 1.97. The molecule has 0 unspecified atom stereocenters. The van der Waals surface area contributed by atoms with E-state index in [2.05, 4.69) is 5.32 Å². The number of thiophene rings is 1. The minimum absolute atomic E-state index is 0.0697. The van der Waals surface area contributed by atoms with Crippen LogP contribution in [0.3, 0.4) is 0 Å². The highest BCUT2D eigenvalue weighted by molar-refractivity contribution is 7.88. The van der Waals surface area contributed by atoms with Crippen LogP contribution in [0, 0.1) is 5.92 Å². The Hall–Kier alpha value is -1.00. The Morgan fingerprint density at radius 3 is 2.75 bits per heavy atom. The van der Waals surface area contributed by atoms with Gasteiger partial charge in [0.15, 0.2) is 0 Å². The van der Waals surface area contributed by atoms with Gasteiger partial charge in [0.25, 0.3) is 0 Å². The smallest absolute Gasteiger partial charge is 0.223 e. The highest BCUT2D eigenvalue weighted by Gasteiger charge is 2.29. The second-order valence-electron chi connectivity index (χ2n) is 5.78. The van der Waals surface area contributed by atoms with Crippen molar-refractivity contribution in [1.82, 2.24) is 9.62 Å². The zero-order valence-electron chi connectivity index (χ0n) is 13.7. The van der Waals surface area contributed by atoms with Crippen LogP contribution in [-0.2, 0) is 19.6 Å². The molecular weight excluding hydrogens is 352 g/mol. The molecule has 0 saturated carbocycles. The van der Waals surface area contributed by atoms with Crippen molar-refractivity contribution in [2.45, 2.75) is 18.9 Å². The molecule has 0 radical (unpaired) electrons. The standard InChI is InChI=1S/C15H24N2O5S2/c1-24(20,21)17-6-4-12(5-7-17)15(19)16-11-13(22-9-8-18)14-3-2-10-23-14/h2-3,10,12-13,18H,4-9,11H2,1H3,(H,16,19)/t13-/m1/s1. The van der Waals surface area contributed by atoms with Crippen LogP contribution in [-0.4, -0.2) is 62.8 Å². The van der Waals surface area contributed by atoms with Gasteiger partial charge in [-0.15, -0.1) is 11.3 Å². The highest BCUT2D eigenvalue weighted by Crippen LogP contribution is 2.23. The summed E-state index contributed by atoms with van der Waals surface area (Å²) < 4.78 is 30.0. The van der Waals surface area contributed by atoms with Gasteiger partial charge < -0.3 is 15.2 Å². The second-order valence-corrected chi connectivity index (χ2v) is 8.74. The molecule has 0 bridgehead atoms. The van der Waals surface area contributed by atoms with E-state index in [0.29, 0.717) is 32.5 Å². The van der Waals surface area contributed by atoms with Crippen LogP contribution in [0.5, 0.6) is 0 Å². The SMILES string of the molecule is CS(=O)(=O)N1CCC(C(=O)NC[C@@H](OCCO)c2cccs2)CC1. The Labute approximate surface area is 146 Å². The van der Waals surface area contributed by atoms with E-state index in [9.17, 15) is 13.2 Å². The van der Waals surface area contributed by atoms with E-state index >= 15 is 0 Å². The summed E-state index contributed by atoms with van der Waals surface area (Å²) >= 11 is 1.54. The van der Waals surface area contributed by atoms with Crippen LogP contribution >= 0.6 is 11.3 Å². The zero-order valence-corrected chi connectivity index (χ0v) is 15.3. The number of carbonyl (C=O) groups is 1. The number of carbonyl (C=O) groups excluding carboxylic acids is 1. The summed E-state index contributed by atoms with van der Waals surface area (Å²) in [5.41, 5.74) is 0. The Balaban J connectivity index is 1.83. The summed E-state index contributed by atoms with van der Waals surface area (Å²) in [4.78, 5) is 13.3. The third kappa shape index (κ3) is 5.52. The lowest BCUT2D eigenvalue weighted by atomic mass is 9.97. The fraction of sp³-hybridized carbons (Fsp3) is 0.667. The maximum atomic E-state index is 12.3. The van der Waals surface area contributed by atoms with E-state index in [1.807, 2.05) is 17.5 Å². The second kappa shape index (κ2) is 8.91. The van der Waals surface area contributed by atoms with Crippen molar-refractivity contribution >= 4 is 27.3 Å². The minimum Gasteiger partial charge on any atom is -0.394 e. The predicted octanol–water partition coefficient (Wildman–Crippen LogP) is 0.586. The number of nitrogens with one attached hydrogen (secondary N) is 1. The molecule has 1 aromatic rings. The monoisotopic (exact) mass is 376 g/mol. The van der Waals surface area contributed by atoms with Crippen molar-refractivity contribution in [3.8, 4) is 0 Å². The van der Waals surface area contributed by atoms with Crippen LogP contribution in [0.2, 0.25) is 0 Å². The van der Waals surface area contributed by atoms with Crippen LogP contribution < -0.4 is 5.32 Å². The first kappa shape index (κ1) is 19.3. The minimum atomic E-state index is -3.18. The molecule has 1 aromatic heterocycles. The number of ether oxygens (including phenoxy) is 1. The number of sulfonamides is 1. The summed E-state index contributed by atoms with van der Waals surface area (Å²) in [6.45, 7) is 1.25. The van der Waals surface area contributed by atoms with E-state index in [1.54, 1.807) is 11.3 Å². The zero-order chi connectivity index (χ0) is 17.6. The average Bonchev–Trinajstić information content (AvgIpc) is 3.08. The fourth-order valence-electron chi connectivity index (χ4n) is 2.70. The number of amides is 1. The Morgan fingerprint density at radius 1 is 1.50 bits per heavy atom. The highest BCUT2D eigenvalue weighted by atomic mass is 32.2. The van der Waals surface area contributed by atoms with E-state index in [4.69, 9.17) is 9.84 Å². The maximum Gasteiger partial charge on any atom is 0.223 e. The molecule has 2 heterocycles. The molecule has 1 aliphatic rings. The summed E-state index contributed by atoms with van der Waals surface area (Å²) in [7, 11) is -3.18. The van der Waals surface area contributed by atoms with Gasteiger partial charge in [-0.1, -0.05) is 6.07 Å². The van der Waals surface area contributed by atoms with Gasteiger partial charge in [-0.05, 0) is 24.3 Å². The number of piperidine rings is 1. The summed E-state index contributed by atoms with van der Waals surface area (Å²) in [5.74, 6) is -0.248. The van der Waals surface area contributed by atoms with E-state index in [-0.39, 0.29) is 31.1 Å². The average molecular weight is 377 g/mol. The molecule has 24 heavy (non-hydrogen) atoms. The molecule has 0 aliphatic carbocycles. The Morgan fingerprint density at radius 2 is 2.21 bits per heavy atom. The normalized spacial score (nSPS) is 18.4. The van der Waals surface area contributed by atoms with Crippen molar-refractivity contribution in [2.24, 2.45) is 5.92 Å². The topological polar surface area (TPSA) is 95.9 Å². The molecule has 0 aromatic carbocycles. The van der Waals surface area contributed by atoms with Gasteiger partial charge in [0.05, 0.1) is 19.5 Å². The third-order valence-electron chi connectivity index (χ3n) is 4.03. The number of aliphatic hydroxyl groups is 1. The molecule has 136 valence electrons. The van der Waals surface area contributed by atoms with Crippen LogP contribution in [0.4, 0.5) is 0 Å². The first-order chi connectivity index (χ1) is 11.4. The van der Waals surface area contributed by atoms with Gasteiger partial charge in [-0.3, -0.25) is 4.79 Å². The number of nitrogens with zero attached hydrogens (tertiary/aromatic N) is 1. The van der Waals surface area contributed by atoms with Gasteiger partial charge in [0.2, 0.25) is 15.9 Å². The molecule has 0 spiro atoms. The number of hydrogen-bond acceptors (Lipinski definition) is 6. The van der Waals surface area contributed by atoms with Crippen molar-refractivity contribution < 1.29 is 23.1 Å². The van der Waals surface area contributed by atoms with E-state index < -0.39 is 10.0 Å². The molecule has 2 rings (SSSR count).